The van der Waals surface area contributed by atoms with E-state index in [2.05, 4.69) is 20.8 Å². The molecular weight excluding hydrogens is 304 g/mol. The number of nitrogens with one attached hydrogen (secondary N) is 2. The van der Waals surface area contributed by atoms with Crippen molar-refractivity contribution in [3.63, 3.8) is 0 Å². The maximum Gasteiger partial charge on any atom is 0.261 e. The lowest BCUT2D eigenvalue weighted by atomic mass is 9.95. The molecule has 2 aromatic heterocycles. The molecule has 110 valence electrons. The van der Waals surface area contributed by atoms with Crippen LogP contribution in [0.5, 0.6) is 0 Å². The van der Waals surface area contributed by atoms with Crippen molar-refractivity contribution >= 4 is 28.6 Å². The van der Waals surface area contributed by atoms with Gasteiger partial charge < -0.3 is 10.6 Å². The molecule has 2 aliphatic heterocycles. The summed E-state index contributed by atoms with van der Waals surface area (Å²) in [4.78, 5) is 14.1. The van der Waals surface area contributed by atoms with Gasteiger partial charge in [0.05, 0.1) is 9.75 Å². The molecule has 2 saturated heterocycles. The predicted molar refractivity (Wildman–Crippen MR) is 83.8 cm³/mol. The van der Waals surface area contributed by atoms with Crippen LogP contribution in [0.3, 0.4) is 0 Å². The van der Waals surface area contributed by atoms with Crippen molar-refractivity contribution in [1.29, 1.82) is 0 Å². The minimum absolute atomic E-state index is 0.0341. The predicted octanol–water partition coefficient (Wildman–Crippen LogP) is 2.20. The fourth-order valence-electron chi connectivity index (χ4n) is 3.19. The number of hydrogen-bond acceptors (Lipinski definition) is 6. The first-order valence-electron chi connectivity index (χ1n) is 7.16. The molecule has 5 nitrogen and oxygen atoms in total. The maximum absolute atomic E-state index is 12.4. The van der Waals surface area contributed by atoms with Crippen LogP contribution in [0, 0.1) is 6.92 Å². The van der Waals surface area contributed by atoms with E-state index < -0.39 is 0 Å². The average molecular weight is 320 g/mol. The zero-order chi connectivity index (χ0) is 14.4. The van der Waals surface area contributed by atoms with E-state index in [9.17, 15) is 4.79 Å². The van der Waals surface area contributed by atoms with Gasteiger partial charge in [0.1, 0.15) is 5.01 Å². The van der Waals surface area contributed by atoms with Gasteiger partial charge in [-0.25, -0.2) is 0 Å². The molecule has 7 heteroatoms. The monoisotopic (exact) mass is 320 g/mol. The highest BCUT2D eigenvalue weighted by Gasteiger charge is 2.39. The van der Waals surface area contributed by atoms with Gasteiger partial charge in [-0.05, 0) is 38.3 Å². The summed E-state index contributed by atoms with van der Waals surface area (Å²) in [5, 5.41) is 16.7. The third-order valence-corrected chi connectivity index (χ3v) is 6.28. The second kappa shape index (κ2) is 5.15. The summed E-state index contributed by atoms with van der Waals surface area (Å²) in [5.74, 6) is 0.0341. The molecule has 0 aliphatic carbocycles. The zero-order valence-electron chi connectivity index (χ0n) is 11.6. The first kappa shape index (κ1) is 13.4. The van der Waals surface area contributed by atoms with Crippen LogP contribution in [0.25, 0.3) is 9.88 Å². The van der Waals surface area contributed by atoms with Crippen molar-refractivity contribution in [3.8, 4) is 9.88 Å². The van der Waals surface area contributed by atoms with Gasteiger partial charge in [-0.3, -0.25) is 4.79 Å². The highest BCUT2D eigenvalue weighted by atomic mass is 32.1. The number of aromatic nitrogens is 2. The van der Waals surface area contributed by atoms with Gasteiger partial charge >= 0.3 is 0 Å². The highest BCUT2D eigenvalue weighted by molar-refractivity contribution is 7.22. The van der Waals surface area contributed by atoms with Crippen molar-refractivity contribution in [3.05, 3.63) is 22.0 Å². The Bertz CT molecular complexity index is 680. The molecule has 21 heavy (non-hydrogen) atoms. The van der Waals surface area contributed by atoms with E-state index in [0.29, 0.717) is 12.1 Å². The Morgan fingerprint density at radius 2 is 2.24 bits per heavy atom. The molecule has 0 aromatic carbocycles. The number of hydrogen-bond donors (Lipinski definition) is 2. The van der Waals surface area contributed by atoms with Crippen molar-refractivity contribution in [2.45, 2.75) is 44.3 Å². The molecule has 2 aromatic rings. The van der Waals surface area contributed by atoms with Crippen LogP contribution in [0.2, 0.25) is 0 Å². The molecule has 0 spiro atoms. The number of thiophene rings is 1. The molecule has 2 aliphatic rings. The van der Waals surface area contributed by atoms with Gasteiger partial charge in [-0.1, -0.05) is 11.3 Å². The fraction of sp³-hybridized carbons (Fsp3) is 0.500. The summed E-state index contributed by atoms with van der Waals surface area (Å²) in [7, 11) is 0. The van der Waals surface area contributed by atoms with Crippen LogP contribution >= 0.6 is 22.7 Å². The first-order valence-corrected chi connectivity index (χ1v) is 8.79. The largest absolute Gasteiger partial charge is 0.347 e. The Kier molecular flexibility index (Phi) is 3.28. The number of amides is 1. The summed E-state index contributed by atoms with van der Waals surface area (Å²) in [6, 6.07) is 5.18. The third kappa shape index (κ3) is 2.49. The lowest BCUT2D eigenvalue weighted by Crippen LogP contribution is -2.42. The van der Waals surface area contributed by atoms with Crippen molar-refractivity contribution < 1.29 is 4.79 Å². The van der Waals surface area contributed by atoms with E-state index in [1.165, 1.54) is 24.2 Å². The SMILES string of the molecule is Cc1nnc(-c2ccc(C(=O)NC3CC4CCC3N4)s2)s1. The second-order valence-corrected chi connectivity index (χ2v) is 7.92. The molecule has 4 heterocycles. The molecule has 3 unspecified atom stereocenters. The van der Waals surface area contributed by atoms with Gasteiger partial charge in [0.25, 0.3) is 5.91 Å². The lowest BCUT2D eigenvalue weighted by molar-refractivity contribution is 0.0935. The zero-order valence-corrected chi connectivity index (χ0v) is 13.3. The smallest absolute Gasteiger partial charge is 0.261 e. The van der Waals surface area contributed by atoms with Crippen LogP contribution in [0.15, 0.2) is 12.1 Å². The third-order valence-electron chi connectivity index (χ3n) is 4.18. The number of aryl methyl sites for hydroxylation is 1. The summed E-state index contributed by atoms with van der Waals surface area (Å²) in [5.41, 5.74) is 0. The summed E-state index contributed by atoms with van der Waals surface area (Å²) in [6.45, 7) is 1.94. The molecule has 3 atom stereocenters. The van der Waals surface area contributed by atoms with Gasteiger partial charge in [0, 0.05) is 18.1 Å². The number of carbonyl (C=O) groups is 1. The van der Waals surface area contributed by atoms with Gasteiger partial charge in [0.15, 0.2) is 5.01 Å². The standard InChI is InChI=1S/C14H16N4OS2/c1-7-17-18-14(20-7)12-5-4-11(21-12)13(19)16-10-6-8-2-3-9(10)15-8/h4-5,8-10,15H,2-3,6H2,1H3,(H,16,19). The fourth-order valence-corrected chi connectivity index (χ4v) is 4.84. The minimum Gasteiger partial charge on any atom is -0.347 e. The molecular formula is C14H16N4OS2. The quantitative estimate of drug-likeness (QED) is 0.910. The number of rotatable bonds is 3. The molecule has 0 radical (unpaired) electrons. The topological polar surface area (TPSA) is 66.9 Å². The lowest BCUT2D eigenvalue weighted by Gasteiger charge is -2.20. The van der Waals surface area contributed by atoms with Gasteiger partial charge in [-0.15, -0.1) is 21.5 Å². The van der Waals surface area contributed by atoms with Crippen molar-refractivity contribution in [2.75, 3.05) is 0 Å². The van der Waals surface area contributed by atoms with Crippen LogP contribution < -0.4 is 10.6 Å². The van der Waals surface area contributed by atoms with Gasteiger partial charge in [0.2, 0.25) is 0 Å². The Morgan fingerprint density at radius 3 is 2.90 bits per heavy atom. The average Bonchev–Trinajstić information content (AvgIpc) is 3.22. The Morgan fingerprint density at radius 1 is 1.33 bits per heavy atom. The van der Waals surface area contributed by atoms with Crippen LogP contribution in [-0.2, 0) is 0 Å². The Balaban J connectivity index is 1.46. The summed E-state index contributed by atoms with van der Waals surface area (Å²) in [6.07, 6.45) is 3.48. The second-order valence-electron chi connectivity index (χ2n) is 5.65. The molecule has 0 saturated carbocycles. The number of nitrogens with zero attached hydrogens (tertiary/aromatic N) is 2. The molecule has 2 bridgehead atoms. The van der Waals surface area contributed by atoms with Crippen LogP contribution in [0.4, 0.5) is 0 Å². The molecule has 4 rings (SSSR count). The summed E-state index contributed by atoms with van der Waals surface area (Å²) < 4.78 is 0. The summed E-state index contributed by atoms with van der Waals surface area (Å²) >= 11 is 3.04. The number of fused-ring (bicyclic) bond motifs is 2. The van der Waals surface area contributed by atoms with E-state index >= 15 is 0 Å². The van der Waals surface area contributed by atoms with Crippen molar-refractivity contribution in [1.82, 2.24) is 20.8 Å². The van der Waals surface area contributed by atoms with E-state index in [4.69, 9.17) is 0 Å². The molecule has 1 amide bonds. The van der Waals surface area contributed by atoms with Crippen LogP contribution in [0.1, 0.15) is 33.9 Å². The van der Waals surface area contributed by atoms with Crippen LogP contribution in [-0.4, -0.2) is 34.2 Å². The van der Waals surface area contributed by atoms with E-state index in [1.807, 2.05) is 19.1 Å². The minimum atomic E-state index is 0.0341. The van der Waals surface area contributed by atoms with Gasteiger partial charge in [-0.2, -0.15) is 0 Å². The Hall–Kier alpha value is -1.31. The molecule has 2 N–H and O–H groups in total. The van der Waals surface area contributed by atoms with E-state index in [1.54, 1.807) is 11.3 Å². The normalized spacial score (nSPS) is 27.2. The maximum atomic E-state index is 12.4. The number of carbonyl (C=O) groups excluding carboxylic acids is 1. The highest BCUT2D eigenvalue weighted by Crippen LogP contribution is 2.31. The molecule has 2 fully saturated rings. The first-order chi connectivity index (χ1) is 10.2. The Labute approximate surface area is 130 Å². The van der Waals surface area contributed by atoms with Crippen molar-refractivity contribution in [2.24, 2.45) is 0 Å². The van der Waals surface area contributed by atoms with E-state index in [-0.39, 0.29) is 11.9 Å². The van der Waals surface area contributed by atoms with E-state index in [0.717, 1.165) is 26.2 Å².